The van der Waals surface area contributed by atoms with Crippen molar-refractivity contribution in [1.82, 2.24) is 4.72 Å². The van der Waals surface area contributed by atoms with Crippen molar-refractivity contribution in [2.75, 3.05) is 18.0 Å². The van der Waals surface area contributed by atoms with Crippen molar-refractivity contribution in [2.45, 2.75) is 28.7 Å². The van der Waals surface area contributed by atoms with Crippen molar-refractivity contribution in [3.8, 4) is 0 Å². The molecular formula is C12H28N2O5S2. The summed E-state index contributed by atoms with van der Waals surface area (Å²) in [4.78, 5) is 0. The Labute approximate surface area is 129 Å². The molecule has 1 aromatic rings. The lowest BCUT2D eigenvalue weighted by Crippen LogP contribution is -2.26. The lowest BCUT2D eigenvalue weighted by atomic mass is 10.3. The quantitative estimate of drug-likeness (QED) is 0.729. The molecule has 0 atom stereocenters. The molecule has 0 amide bonds. The number of hydrogen-bond donors (Lipinski definition) is 3. The molecule has 0 aliphatic carbocycles. The summed E-state index contributed by atoms with van der Waals surface area (Å²) in [6.45, 7) is 4.00. The van der Waals surface area contributed by atoms with Crippen molar-refractivity contribution in [3.63, 3.8) is 0 Å². The second kappa shape index (κ2) is 13.8. The molecule has 0 aliphatic heterocycles. The first-order valence-electron chi connectivity index (χ1n) is 5.33. The van der Waals surface area contributed by atoms with Crippen LogP contribution in [0.2, 0.25) is 0 Å². The van der Waals surface area contributed by atoms with Gasteiger partial charge < -0.3 is 0 Å². The monoisotopic (exact) mass is 344 g/mol. The van der Waals surface area contributed by atoms with E-state index in [1.165, 1.54) is 7.05 Å². The maximum Gasteiger partial charge on any atom is 0.298 e. The molecule has 0 spiro atoms. The molecular weight excluding hydrogens is 316 g/mol. The van der Waals surface area contributed by atoms with Gasteiger partial charge in [-0.2, -0.15) is 16.8 Å². The third-order valence-electron chi connectivity index (χ3n) is 1.29. The predicted molar refractivity (Wildman–Crippen MR) is 90.3 cm³/mol. The van der Waals surface area contributed by atoms with Gasteiger partial charge in [0.1, 0.15) is 0 Å². The van der Waals surface area contributed by atoms with Crippen LogP contribution in [-0.4, -0.2) is 34.7 Å². The molecule has 0 aromatic heterocycles. The highest BCUT2D eigenvalue weighted by Crippen LogP contribution is 2.05. The summed E-state index contributed by atoms with van der Waals surface area (Å²) >= 11 is 0. The Bertz CT molecular complexity index is 520. The van der Waals surface area contributed by atoms with Crippen LogP contribution in [0.5, 0.6) is 0 Å². The maximum atomic E-state index is 10.9. The lowest BCUT2D eigenvalue weighted by Gasteiger charge is -2.04. The molecule has 128 valence electrons. The van der Waals surface area contributed by atoms with E-state index in [1.807, 2.05) is 19.9 Å². The van der Waals surface area contributed by atoms with Crippen LogP contribution in [-0.2, 0) is 20.3 Å². The Morgan fingerprint density at radius 2 is 1.29 bits per heavy atom. The SMILES string of the molecule is C.C.CC.CNS(=O)(=O)Nc1ccccc1.CS(=O)(=O)O. The summed E-state index contributed by atoms with van der Waals surface area (Å²) in [6, 6.07) is 8.68. The minimum atomic E-state index is -3.67. The Morgan fingerprint density at radius 1 is 0.952 bits per heavy atom. The molecule has 0 aliphatic rings. The topological polar surface area (TPSA) is 113 Å². The molecule has 0 radical (unpaired) electrons. The van der Waals surface area contributed by atoms with E-state index >= 15 is 0 Å². The molecule has 0 saturated carbocycles. The Balaban J connectivity index is -0.000000139. The number of para-hydroxylation sites is 1. The fraction of sp³-hybridized carbons (Fsp3) is 0.500. The zero-order valence-electron chi connectivity index (χ0n) is 11.3. The zero-order valence-corrected chi connectivity index (χ0v) is 12.9. The van der Waals surface area contributed by atoms with E-state index in [0.29, 0.717) is 11.9 Å². The van der Waals surface area contributed by atoms with E-state index < -0.39 is 20.3 Å². The molecule has 0 fully saturated rings. The standard InChI is InChI=1S/C7H10N2O2S.C2H6.CH4O3S.2CH4/c1-8-12(10,11)9-7-5-3-2-4-6-7;1-2;1-5(2,3)4;;/h2-6,8-9H,1H3;1-2H3;1H3,(H,2,3,4);2*1H4. The first kappa shape index (κ1) is 28.1. The predicted octanol–water partition coefficient (Wildman–Crippen LogP) is 2.37. The highest BCUT2D eigenvalue weighted by molar-refractivity contribution is 7.90. The molecule has 0 saturated heterocycles. The fourth-order valence-electron chi connectivity index (χ4n) is 0.712. The van der Waals surface area contributed by atoms with Crippen molar-refractivity contribution in [2.24, 2.45) is 0 Å². The number of rotatable bonds is 3. The molecule has 1 rings (SSSR count). The molecule has 0 bridgehead atoms. The number of hydrogen-bond acceptors (Lipinski definition) is 4. The number of nitrogens with one attached hydrogen (secondary N) is 2. The van der Waals surface area contributed by atoms with Crippen molar-refractivity contribution in [3.05, 3.63) is 30.3 Å². The van der Waals surface area contributed by atoms with Gasteiger partial charge >= 0.3 is 0 Å². The first-order chi connectivity index (χ1) is 8.64. The summed E-state index contributed by atoms with van der Waals surface area (Å²) in [5.74, 6) is 0. The zero-order chi connectivity index (χ0) is 15.5. The highest BCUT2D eigenvalue weighted by atomic mass is 32.2. The van der Waals surface area contributed by atoms with E-state index in [1.54, 1.807) is 24.3 Å². The van der Waals surface area contributed by atoms with Crippen LogP contribution in [0.1, 0.15) is 28.7 Å². The van der Waals surface area contributed by atoms with E-state index in [9.17, 15) is 16.8 Å². The number of benzene rings is 1. The van der Waals surface area contributed by atoms with Gasteiger partial charge in [-0.05, 0) is 12.1 Å². The lowest BCUT2D eigenvalue weighted by molar-refractivity contribution is 0.490. The number of anilines is 1. The Kier molecular flexibility index (Phi) is 18.5. The van der Waals surface area contributed by atoms with Gasteiger partial charge in [0.15, 0.2) is 0 Å². The van der Waals surface area contributed by atoms with Crippen LogP contribution >= 0.6 is 0 Å². The molecule has 3 N–H and O–H groups in total. The second-order valence-corrected chi connectivity index (χ2v) is 5.99. The maximum absolute atomic E-state index is 10.9. The minimum Gasteiger partial charge on any atom is -0.286 e. The van der Waals surface area contributed by atoms with E-state index in [-0.39, 0.29) is 14.9 Å². The average molecular weight is 344 g/mol. The van der Waals surface area contributed by atoms with Crippen molar-refractivity contribution in [1.29, 1.82) is 0 Å². The molecule has 21 heavy (non-hydrogen) atoms. The summed E-state index contributed by atoms with van der Waals surface area (Å²) in [6.07, 6.45) is 0.715. The fourth-order valence-corrected chi connectivity index (χ4v) is 1.26. The van der Waals surface area contributed by atoms with Gasteiger partial charge in [0, 0.05) is 12.7 Å². The van der Waals surface area contributed by atoms with Gasteiger partial charge in [0.25, 0.3) is 20.3 Å². The Hall–Kier alpha value is -1.16. The van der Waals surface area contributed by atoms with Gasteiger partial charge in [0.2, 0.25) is 0 Å². The third-order valence-corrected chi connectivity index (χ3v) is 2.34. The van der Waals surface area contributed by atoms with E-state index in [2.05, 4.69) is 9.44 Å². The largest absolute Gasteiger partial charge is 0.298 e. The van der Waals surface area contributed by atoms with E-state index in [4.69, 9.17) is 4.55 Å². The normalized spacial score (nSPS) is 9.38. The summed E-state index contributed by atoms with van der Waals surface area (Å²) in [5, 5.41) is 0. The van der Waals surface area contributed by atoms with Gasteiger partial charge in [-0.3, -0.25) is 9.27 Å². The van der Waals surface area contributed by atoms with Crippen LogP contribution in [0.25, 0.3) is 0 Å². The van der Waals surface area contributed by atoms with Crippen molar-refractivity contribution >= 4 is 26.0 Å². The first-order valence-corrected chi connectivity index (χ1v) is 8.66. The second-order valence-electron chi connectivity index (χ2n) is 2.91. The van der Waals surface area contributed by atoms with Crippen LogP contribution < -0.4 is 9.44 Å². The molecule has 0 heterocycles. The van der Waals surface area contributed by atoms with E-state index in [0.717, 1.165) is 0 Å². The third kappa shape index (κ3) is 24.3. The van der Waals surface area contributed by atoms with Crippen molar-refractivity contribution < 1.29 is 21.4 Å². The van der Waals surface area contributed by atoms with Crippen LogP contribution in [0, 0.1) is 0 Å². The van der Waals surface area contributed by atoms with Gasteiger partial charge in [-0.25, -0.2) is 4.72 Å². The van der Waals surface area contributed by atoms with Crippen LogP contribution in [0.15, 0.2) is 30.3 Å². The summed E-state index contributed by atoms with van der Waals surface area (Å²) in [7, 11) is -5.69. The molecule has 0 unspecified atom stereocenters. The summed E-state index contributed by atoms with van der Waals surface area (Å²) in [5.41, 5.74) is 0.548. The Morgan fingerprint density at radius 3 is 1.57 bits per heavy atom. The summed E-state index contributed by atoms with van der Waals surface area (Å²) < 4.78 is 52.2. The highest BCUT2D eigenvalue weighted by Gasteiger charge is 2.03. The molecule has 1 aromatic carbocycles. The minimum absolute atomic E-state index is 0. The smallest absolute Gasteiger partial charge is 0.286 e. The van der Waals surface area contributed by atoms with Gasteiger partial charge in [-0.1, -0.05) is 46.9 Å². The van der Waals surface area contributed by atoms with Gasteiger partial charge in [-0.15, -0.1) is 0 Å². The molecule has 7 nitrogen and oxygen atoms in total. The van der Waals surface area contributed by atoms with Crippen LogP contribution in [0.4, 0.5) is 5.69 Å². The van der Waals surface area contributed by atoms with Gasteiger partial charge in [0.05, 0.1) is 6.26 Å². The average Bonchev–Trinajstić information content (AvgIpc) is 2.30. The molecule has 9 heteroatoms. The van der Waals surface area contributed by atoms with Crippen LogP contribution in [0.3, 0.4) is 0 Å².